The molecule has 1 aliphatic heterocycles. The van der Waals surface area contributed by atoms with Gasteiger partial charge in [-0.1, -0.05) is 0 Å². The van der Waals surface area contributed by atoms with E-state index in [2.05, 4.69) is 4.90 Å². The Bertz CT molecular complexity index is 559. The van der Waals surface area contributed by atoms with Gasteiger partial charge in [-0.2, -0.15) is 0 Å². The van der Waals surface area contributed by atoms with Crippen molar-refractivity contribution in [3.63, 3.8) is 0 Å². The first kappa shape index (κ1) is 14.1. The van der Waals surface area contributed by atoms with Crippen LogP contribution < -0.4 is 15.8 Å². The molecule has 1 aromatic rings. The van der Waals surface area contributed by atoms with Crippen LogP contribution in [0.15, 0.2) is 23.1 Å². The van der Waals surface area contributed by atoms with Gasteiger partial charge in [0, 0.05) is 31.8 Å². The lowest BCUT2D eigenvalue weighted by molar-refractivity contribution is 0.161. The quantitative estimate of drug-likeness (QED) is 0.780. The summed E-state index contributed by atoms with van der Waals surface area (Å²) in [6.45, 7) is 2.55. The molecule has 0 aliphatic carbocycles. The van der Waals surface area contributed by atoms with E-state index in [-0.39, 0.29) is 10.6 Å². The molecule has 6 nitrogen and oxygen atoms in total. The van der Waals surface area contributed by atoms with E-state index in [4.69, 9.17) is 15.6 Å². The number of anilines is 2. The molecule has 2 rings (SSSR count). The Morgan fingerprint density at radius 3 is 2.79 bits per heavy atom. The number of ether oxygens (including phenoxy) is 1. The van der Waals surface area contributed by atoms with Gasteiger partial charge in [-0.3, -0.25) is 0 Å². The van der Waals surface area contributed by atoms with Crippen LogP contribution in [0.3, 0.4) is 0 Å². The standard InChI is InChI=1S/C12H19N3O3S/c1-18-8-9-4-5-15(7-9)10-2-3-12(11(13)6-10)19(14,16)17/h2-3,6,9H,4-5,7-8,13H2,1H3,(H2,14,16,17). The maximum absolute atomic E-state index is 11.3. The second-order valence-corrected chi connectivity index (χ2v) is 6.35. The van der Waals surface area contributed by atoms with E-state index < -0.39 is 10.0 Å². The van der Waals surface area contributed by atoms with Crippen LogP contribution in [0.5, 0.6) is 0 Å². The second-order valence-electron chi connectivity index (χ2n) is 4.82. The van der Waals surface area contributed by atoms with Crippen LogP contribution in [-0.4, -0.2) is 35.2 Å². The van der Waals surface area contributed by atoms with Crippen molar-refractivity contribution in [2.45, 2.75) is 11.3 Å². The van der Waals surface area contributed by atoms with Gasteiger partial charge in [-0.15, -0.1) is 0 Å². The van der Waals surface area contributed by atoms with Gasteiger partial charge in [0.2, 0.25) is 10.0 Å². The molecule has 1 atom stereocenters. The average Bonchev–Trinajstić information content (AvgIpc) is 2.76. The number of hydrogen-bond acceptors (Lipinski definition) is 5. The Morgan fingerprint density at radius 1 is 1.47 bits per heavy atom. The van der Waals surface area contributed by atoms with Crippen molar-refractivity contribution in [2.24, 2.45) is 11.1 Å². The van der Waals surface area contributed by atoms with Crippen LogP contribution in [-0.2, 0) is 14.8 Å². The van der Waals surface area contributed by atoms with E-state index in [1.807, 2.05) is 0 Å². The topological polar surface area (TPSA) is 98.6 Å². The van der Waals surface area contributed by atoms with Gasteiger partial charge < -0.3 is 15.4 Å². The highest BCUT2D eigenvalue weighted by atomic mass is 32.2. The summed E-state index contributed by atoms with van der Waals surface area (Å²) in [6.07, 6.45) is 1.06. The van der Waals surface area contributed by atoms with Gasteiger partial charge in [0.15, 0.2) is 0 Å². The van der Waals surface area contributed by atoms with Crippen molar-refractivity contribution in [1.29, 1.82) is 0 Å². The molecular formula is C12H19N3O3S. The number of nitrogen functional groups attached to an aromatic ring is 1. The minimum Gasteiger partial charge on any atom is -0.398 e. The first-order valence-electron chi connectivity index (χ1n) is 6.08. The molecule has 0 bridgehead atoms. The molecule has 1 unspecified atom stereocenters. The third-order valence-corrected chi connectivity index (χ3v) is 4.34. The number of hydrogen-bond donors (Lipinski definition) is 2. The normalized spacial score (nSPS) is 19.9. The molecule has 1 aromatic carbocycles. The molecule has 106 valence electrons. The second kappa shape index (κ2) is 5.36. The zero-order chi connectivity index (χ0) is 14.0. The smallest absolute Gasteiger partial charge is 0.240 e. The molecule has 0 spiro atoms. The largest absolute Gasteiger partial charge is 0.398 e. The molecule has 1 heterocycles. The monoisotopic (exact) mass is 285 g/mol. The number of nitrogens with two attached hydrogens (primary N) is 2. The summed E-state index contributed by atoms with van der Waals surface area (Å²) in [5, 5.41) is 5.08. The molecule has 0 saturated carbocycles. The lowest BCUT2D eigenvalue weighted by Gasteiger charge is -2.19. The van der Waals surface area contributed by atoms with Gasteiger partial charge in [0.05, 0.1) is 12.3 Å². The zero-order valence-electron chi connectivity index (χ0n) is 10.9. The van der Waals surface area contributed by atoms with Gasteiger partial charge in [-0.25, -0.2) is 13.6 Å². The Hall–Kier alpha value is -1.31. The predicted octanol–water partition coefficient (Wildman–Crippen LogP) is 0.389. The molecular weight excluding hydrogens is 266 g/mol. The molecule has 19 heavy (non-hydrogen) atoms. The van der Waals surface area contributed by atoms with Crippen LogP contribution in [0.25, 0.3) is 0 Å². The molecule has 0 radical (unpaired) electrons. The highest BCUT2D eigenvalue weighted by Gasteiger charge is 2.23. The fourth-order valence-electron chi connectivity index (χ4n) is 2.43. The third-order valence-electron chi connectivity index (χ3n) is 3.35. The summed E-state index contributed by atoms with van der Waals surface area (Å²) in [6, 6.07) is 4.86. The number of sulfonamides is 1. The maximum atomic E-state index is 11.3. The minimum absolute atomic E-state index is 0.0242. The SMILES string of the molecule is COCC1CCN(c2ccc(S(N)(=O)=O)c(N)c2)C1. The number of nitrogens with zero attached hydrogens (tertiary/aromatic N) is 1. The van der Waals surface area contributed by atoms with Crippen molar-refractivity contribution in [3.05, 3.63) is 18.2 Å². The van der Waals surface area contributed by atoms with Gasteiger partial charge in [-0.05, 0) is 24.6 Å². The number of benzene rings is 1. The van der Waals surface area contributed by atoms with Crippen molar-refractivity contribution in [2.75, 3.05) is 37.4 Å². The van der Waals surface area contributed by atoms with Crippen LogP contribution in [0.4, 0.5) is 11.4 Å². The maximum Gasteiger partial charge on any atom is 0.240 e. The highest BCUT2D eigenvalue weighted by molar-refractivity contribution is 7.89. The summed E-state index contributed by atoms with van der Waals surface area (Å²) in [4.78, 5) is 2.15. The summed E-state index contributed by atoms with van der Waals surface area (Å²) < 4.78 is 27.7. The van der Waals surface area contributed by atoms with Gasteiger partial charge in [0.1, 0.15) is 4.90 Å². The van der Waals surface area contributed by atoms with Crippen molar-refractivity contribution >= 4 is 21.4 Å². The van der Waals surface area contributed by atoms with Crippen molar-refractivity contribution in [3.8, 4) is 0 Å². The average molecular weight is 285 g/mol. The predicted molar refractivity (Wildman–Crippen MR) is 74.4 cm³/mol. The molecule has 1 aliphatic rings. The van der Waals surface area contributed by atoms with E-state index in [0.29, 0.717) is 5.92 Å². The van der Waals surface area contributed by atoms with Crippen LogP contribution in [0, 0.1) is 5.92 Å². The first-order chi connectivity index (χ1) is 8.91. The fraction of sp³-hybridized carbons (Fsp3) is 0.500. The summed E-state index contributed by atoms with van der Waals surface area (Å²) in [7, 11) is -2.06. The minimum atomic E-state index is -3.76. The molecule has 1 fully saturated rings. The Labute approximate surface area is 113 Å². The molecule has 4 N–H and O–H groups in total. The summed E-state index contributed by atoms with van der Waals surface area (Å²) in [5.41, 5.74) is 6.87. The van der Waals surface area contributed by atoms with Crippen LogP contribution in [0.1, 0.15) is 6.42 Å². The lowest BCUT2D eigenvalue weighted by Crippen LogP contribution is -2.21. The molecule has 1 saturated heterocycles. The Morgan fingerprint density at radius 2 is 2.21 bits per heavy atom. The fourth-order valence-corrected chi connectivity index (χ4v) is 3.08. The molecule has 0 aromatic heterocycles. The first-order valence-corrected chi connectivity index (χ1v) is 7.62. The van der Waals surface area contributed by atoms with E-state index in [1.165, 1.54) is 6.07 Å². The van der Waals surface area contributed by atoms with E-state index in [0.717, 1.165) is 31.8 Å². The number of primary sulfonamides is 1. The summed E-state index contributed by atoms with van der Waals surface area (Å²) >= 11 is 0. The Balaban J connectivity index is 2.18. The van der Waals surface area contributed by atoms with Crippen LogP contribution >= 0.6 is 0 Å². The number of rotatable bonds is 4. The van der Waals surface area contributed by atoms with Crippen molar-refractivity contribution < 1.29 is 13.2 Å². The van der Waals surface area contributed by atoms with Crippen LogP contribution in [0.2, 0.25) is 0 Å². The third kappa shape index (κ3) is 3.17. The number of methoxy groups -OCH3 is 1. The van der Waals surface area contributed by atoms with E-state index >= 15 is 0 Å². The lowest BCUT2D eigenvalue weighted by atomic mass is 10.1. The van der Waals surface area contributed by atoms with Gasteiger partial charge >= 0.3 is 0 Å². The van der Waals surface area contributed by atoms with Crippen molar-refractivity contribution in [1.82, 2.24) is 0 Å². The van der Waals surface area contributed by atoms with E-state index in [1.54, 1.807) is 19.2 Å². The Kier molecular flexibility index (Phi) is 3.98. The van der Waals surface area contributed by atoms with Gasteiger partial charge in [0.25, 0.3) is 0 Å². The molecule has 7 heteroatoms. The zero-order valence-corrected chi connectivity index (χ0v) is 11.7. The summed E-state index contributed by atoms with van der Waals surface area (Å²) in [5.74, 6) is 0.504. The molecule has 0 amide bonds. The highest BCUT2D eigenvalue weighted by Crippen LogP contribution is 2.28. The van der Waals surface area contributed by atoms with E-state index in [9.17, 15) is 8.42 Å².